The van der Waals surface area contributed by atoms with Crippen molar-refractivity contribution < 1.29 is 9.59 Å². The zero-order chi connectivity index (χ0) is 23.8. The SMILES string of the molecule is CC(=O)NCC[C@@H]1C[C@@H]1C(=O)Nc1cc2cc(-c3cnc4c(c3C)NCCC4)nc(N)c2cn1. The number of nitrogens with one attached hydrogen (secondary N) is 3. The summed E-state index contributed by atoms with van der Waals surface area (Å²) in [5, 5.41) is 10.8. The molecular weight excluding hydrogens is 430 g/mol. The Morgan fingerprint density at radius 3 is 2.91 bits per heavy atom. The van der Waals surface area contributed by atoms with Crippen LogP contribution in [0.2, 0.25) is 0 Å². The first-order chi connectivity index (χ1) is 16.4. The van der Waals surface area contributed by atoms with Gasteiger partial charge in [0.1, 0.15) is 11.6 Å². The summed E-state index contributed by atoms with van der Waals surface area (Å²) >= 11 is 0. The third-order valence-electron chi connectivity index (χ3n) is 6.73. The molecule has 1 fully saturated rings. The van der Waals surface area contributed by atoms with E-state index in [0.717, 1.165) is 71.2 Å². The Morgan fingerprint density at radius 1 is 1.24 bits per heavy atom. The highest BCUT2D eigenvalue weighted by molar-refractivity contribution is 5.98. The van der Waals surface area contributed by atoms with Gasteiger partial charge in [0, 0.05) is 49.3 Å². The molecule has 0 bridgehead atoms. The number of carbonyl (C=O) groups is 2. The van der Waals surface area contributed by atoms with Gasteiger partial charge in [-0.3, -0.25) is 14.6 Å². The minimum Gasteiger partial charge on any atom is -0.383 e. The Bertz CT molecular complexity index is 1290. The number of anilines is 3. The predicted octanol–water partition coefficient (Wildman–Crippen LogP) is 3.04. The molecule has 9 nitrogen and oxygen atoms in total. The van der Waals surface area contributed by atoms with Crippen LogP contribution in [0.3, 0.4) is 0 Å². The van der Waals surface area contributed by atoms with Crippen molar-refractivity contribution in [3.05, 3.63) is 35.8 Å². The van der Waals surface area contributed by atoms with Gasteiger partial charge < -0.3 is 21.7 Å². The summed E-state index contributed by atoms with van der Waals surface area (Å²) in [6, 6.07) is 3.80. The largest absolute Gasteiger partial charge is 0.383 e. The quantitative estimate of drug-likeness (QED) is 0.445. The summed E-state index contributed by atoms with van der Waals surface area (Å²) in [6.45, 7) is 5.11. The Hall–Kier alpha value is -3.75. The number of nitrogens with zero attached hydrogens (tertiary/aromatic N) is 3. The zero-order valence-electron chi connectivity index (χ0n) is 19.4. The molecule has 4 heterocycles. The van der Waals surface area contributed by atoms with Crippen LogP contribution in [0.1, 0.15) is 37.4 Å². The zero-order valence-corrected chi connectivity index (χ0v) is 19.4. The first-order valence-electron chi connectivity index (χ1n) is 11.7. The Kier molecular flexibility index (Phi) is 5.77. The highest BCUT2D eigenvalue weighted by atomic mass is 16.2. The molecule has 0 aromatic carbocycles. The third kappa shape index (κ3) is 4.37. The van der Waals surface area contributed by atoms with Gasteiger partial charge in [-0.1, -0.05) is 0 Å². The number of hydrogen-bond donors (Lipinski definition) is 4. The Morgan fingerprint density at radius 2 is 2.09 bits per heavy atom. The molecule has 0 unspecified atom stereocenters. The van der Waals surface area contributed by atoms with E-state index in [4.69, 9.17) is 5.73 Å². The molecule has 2 amide bonds. The van der Waals surface area contributed by atoms with Gasteiger partial charge in [-0.05, 0) is 61.6 Å². The Labute approximate surface area is 198 Å². The number of hydrogen-bond acceptors (Lipinski definition) is 7. The maximum absolute atomic E-state index is 12.7. The van der Waals surface area contributed by atoms with Gasteiger partial charge in [0.05, 0.1) is 17.1 Å². The summed E-state index contributed by atoms with van der Waals surface area (Å²) in [4.78, 5) is 37.3. The number of carbonyl (C=O) groups excluding carboxylic acids is 2. The number of amides is 2. The lowest BCUT2D eigenvalue weighted by atomic mass is 9.99. The van der Waals surface area contributed by atoms with E-state index in [1.54, 1.807) is 6.20 Å². The molecular formula is C25H29N7O2. The first kappa shape index (κ1) is 22.1. The van der Waals surface area contributed by atoms with E-state index in [9.17, 15) is 9.59 Å². The van der Waals surface area contributed by atoms with Crippen LogP contribution in [0.15, 0.2) is 24.5 Å². The smallest absolute Gasteiger partial charge is 0.228 e. The van der Waals surface area contributed by atoms with Crippen LogP contribution in [0.5, 0.6) is 0 Å². The normalized spacial score (nSPS) is 18.6. The highest BCUT2D eigenvalue weighted by Crippen LogP contribution is 2.42. The number of aromatic nitrogens is 3. The van der Waals surface area contributed by atoms with Crippen molar-refractivity contribution in [1.29, 1.82) is 0 Å². The van der Waals surface area contributed by atoms with Gasteiger partial charge >= 0.3 is 0 Å². The lowest BCUT2D eigenvalue weighted by Gasteiger charge is -2.21. The molecule has 2 atom stereocenters. The van der Waals surface area contributed by atoms with Crippen LogP contribution in [0.25, 0.3) is 22.0 Å². The second-order valence-corrected chi connectivity index (χ2v) is 9.20. The summed E-state index contributed by atoms with van der Waals surface area (Å²) in [5.74, 6) is 1.05. The topological polar surface area (TPSA) is 135 Å². The highest BCUT2D eigenvalue weighted by Gasteiger charge is 2.42. The number of pyridine rings is 3. The lowest BCUT2D eigenvalue weighted by molar-refractivity contribution is -0.119. The fourth-order valence-corrected chi connectivity index (χ4v) is 4.73. The van der Waals surface area contributed by atoms with E-state index in [1.807, 2.05) is 18.3 Å². The fourth-order valence-electron chi connectivity index (χ4n) is 4.73. The van der Waals surface area contributed by atoms with Crippen LogP contribution in [-0.2, 0) is 16.0 Å². The molecule has 0 saturated heterocycles. The maximum Gasteiger partial charge on any atom is 0.228 e. The third-order valence-corrected chi connectivity index (χ3v) is 6.73. The van der Waals surface area contributed by atoms with E-state index < -0.39 is 0 Å². The molecule has 34 heavy (non-hydrogen) atoms. The van der Waals surface area contributed by atoms with E-state index >= 15 is 0 Å². The number of aryl methyl sites for hydroxylation is 1. The van der Waals surface area contributed by atoms with Gasteiger partial charge in [0.15, 0.2) is 0 Å². The molecule has 9 heteroatoms. The fraction of sp³-hybridized carbons (Fsp3) is 0.400. The first-order valence-corrected chi connectivity index (χ1v) is 11.7. The van der Waals surface area contributed by atoms with Crippen molar-refractivity contribution in [2.75, 3.05) is 29.5 Å². The molecule has 5 rings (SSSR count). The summed E-state index contributed by atoms with van der Waals surface area (Å²) in [6.07, 6.45) is 7.21. The van der Waals surface area contributed by atoms with Gasteiger partial charge in [0.2, 0.25) is 11.8 Å². The second kappa shape index (κ2) is 8.89. The van der Waals surface area contributed by atoms with Crippen molar-refractivity contribution in [1.82, 2.24) is 20.3 Å². The minimum absolute atomic E-state index is 0.0391. The molecule has 2 aliphatic rings. The van der Waals surface area contributed by atoms with Crippen LogP contribution < -0.4 is 21.7 Å². The molecule has 3 aromatic heterocycles. The molecule has 0 radical (unpaired) electrons. The molecule has 1 aliphatic carbocycles. The van der Waals surface area contributed by atoms with Crippen molar-refractivity contribution in [2.24, 2.45) is 11.8 Å². The van der Waals surface area contributed by atoms with Crippen LogP contribution in [-0.4, -0.2) is 39.9 Å². The predicted molar refractivity (Wildman–Crippen MR) is 132 cm³/mol. The maximum atomic E-state index is 12.7. The van der Waals surface area contributed by atoms with Crippen LogP contribution >= 0.6 is 0 Å². The minimum atomic E-state index is -0.0484. The average Bonchev–Trinajstić information content (AvgIpc) is 3.59. The molecule has 5 N–H and O–H groups in total. The van der Waals surface area contributed by atoms with Crippen molar-refractivity contribution in [3.8, 4) is 11.3 Å². The number of nitrogen functional groups attached to an aromatic ring is 1. The van der Waals surface area contributed by atoms with Crippen molar-refractivity contribution in [3.63, 3.8) is 0 Å². The van der Waals surface area contributed by atoms with Gasteiger partial charge in [-0.15, -0.1) is 0 Å². The standard InChI is InChI=1S/C25H29N7O2/c1-13-18(11-29-20-4-3-6-28-23(13)20)21-9-16-10-22(30-12-19(16)24(26)31-21)32-25(34)17-8-15(17)5-7-27-14(2)33/h9-12,15,17,28H,3-8H2,1-2H3,(H2,26,31)(H,27,33)(H,30,32,34)/t15-,17+/m1/s1. The molecule has 1 saturated carbocycles. The lowest BCUT2D eigenvalue weighted by Crippen LogP contribution is -2.22. The molecule has 1 aliphatic heterocycles. The number of fused-ring (bicyclic) bond motifs is 2. The van der Waals surface area contributed by atoms with Crippen molar-refractivity contribution in [2.45, 2.75) is 39.5 Å². The second-order valence-electron chi connectivity index (χ2n) is 9.20. The Balaban J connectivity index is 1.36. The summed E-state index contributed by atoms with van der Waals surface area (Å²) in [7, 11) is 0. The molecule has 176 valence electrons. The summed E-state index contributed by atoms with van der Waals surface area (Å²) < 4.78 is 0. The van der Waals surface area contributed by atoms with Crippen LogP contribution in [0, 0.1) is 18.8 Å². The van der Waals surface area contributed by atoms with Gasteiger partial charge in [-0.25, -0.2) is 9.97 Å². The van der Waals surface area contributed by atoms with Gasteiger partial charge in [0.25, 0.3) is 0 Å². The van der Waals surface area contributed by atoms with E-state index in [1.165, 1.54) is 6.92 Å². The van der Waals surface area contributed by atoms with Gasteiger partial charge in [-0.2, -0.15) is 0 Å². The van der Waals surface area contributed by atoms with E-state index in [0.29, 0.717) is 24.1 Å². The number of nitrogens with two attached hydrogens (primary N) is 1. The number of rotatable bonds is 6. The van der Waals surface area contributed by atoms with Crippen molar-refractivity contribution >= 4 is 39.9 Å². The average molecular weight is 460 g/mol. The monoisotopic (exact) mass is 459 g/mol. The summed E-state index contributed by atoms with van der Waals surface area (Å²) in [5.41, 5.74) is 11.2. The molecule has 3 aromatic rings. The van der Waals surface area contributed by atoms with Crippen LogP contribution in [0.4, 0.5) is 17.3 Å². The molecule has 0 spiro atoms. The van der Waals surface area contributed by atoms with E-state index in [2.05, 4.69) is 37.8 Å². The van der Waals surface area contributed by atoms with E-state index in [-0.39, 0.29) is 17.7 Å².